The van der Waals surface area contributed by atoms with Gasteiger partial charge >= 0.3 is 0 Å². The van der Waals surface area contributed by atoms with E-state index in [0.717, 1.165) is 72.0 Å². The fraction of sp³-hybridized carbons (Fsp3) is 0.139. The van der Waals surface area contributed by atoms with Gasteiger partial charge < -0.3 is 4.40 Å². The molecule has 3 heteroatoms. The van der Waals surface area contributed by atoms with Gasteiger partial charge in [-0.1, -0.05) is 204 Å². The van der Waals surface area contributed by atoms with Crippen molar-refractivity contribution in [3.05, 3.63) is 278 Å². The van der Waals surface area contributed by atoms with Crippen molar-refractivity contribution in [3.8, 4) is 45.5 Å². The summed E-state index contributed by atoms with van der Waals surface area (Å²) in [6.45, 7) is 11.5. The topological polar surface area (TPSA) is 52.0 Å². The molecule has 0 unspecified atom stereocenters. The molecule has 2 bridgehead atoms. The second-order valence-electron chi connectivity index (χ2n) is 23.2. The van der Waals surface area contributed by atoms with Gasteiger partial charge in [0, 0.05) is 38.8 Å². The minimum absolute atomic E-state index is 0.00588. The summed E-state index contributed by atoms with van der Waals surface area (Å²) >= 11 is 0. The van der Waals surface area contributed by atoms with Gasteiger partial charge in [-0.2, -0.15) is 10.5 Å². The molecule has 3 nitrogen and oxygen atoms in total. The summed E-state index contributed by atoms with van der Waals surface area (Å²) in [7, 11) is 0. The van der Waals surface area contributed by atoms with Gasteiger partial charge in [-0.05, 0) is 135 Å². The molecule has 2 aromatic heterocycles. The lowest BCUT2D eigenvalue weighted by Crippen LogP contribution is -2.29. The molecule has 10 aromatic carbocycles. The van der Waals surface area contributed by atoms with E-state index in [2.05, 4.69) is 245 Å². The maximum Gasteiger partial charge on any atom is 0.0996 e. The van der Waals surface area contributed by atoms with Crippen LogP contribution >= 0.6 is 0 Å². The highest BCUT2D eigenvalue weighted by atomic mass is 14.9. The third kappa shape index (κ3) is 5.09. The molecule has 75 heavy (non-hydrogen) atoms. The molecule has 0 spiro atoms. The average molecular weight is 956 g/mol. The number of hydrogen-bond donors (Lipinski definition) is 0. The van der Waals surface area contributed by atoms with Gasteiger partial charge in [-0.15, -0.1) is 0 Å². The summed E-state index contributed by atoms with van der Waals surface area (Å²) < 4.78 is 2.49. The number of benzene rings is 10. The Morgan fingerprint density at radius 2 is 0.987 bits per heavy atom. The van der Waals surface area contributed by atoms with Crippen molar-refractivity contribution >= 4 is 38.1 Å². The SMILES string of the molecule is CC(C)(C)c1ccc2c(c1)-c1c(c(C#N)cc3c1c1c4c(cc5c6c7c(c(C#N)cc6n3c51)C(c1ccccc1)(c1ccccc1)c1ccc(-c3ccccc3)cc1-7)C1c3ccccc3C4c3ccccc31)C2(C)C. The predicted octanol–water partition coefficient (Wildman–Crippen LogP) is 17.2. The molecule has 17 rings (SSSR count). The highest BCUT2D eigenvalue weighted by Crippen LogP contribution is 2.65. The molecule has 0 atom stereocenters. The lowest BCUT2D eigenvalue weighted by molar-refractivity contribution is 0.589. The largest absolute Gasteiger partial charge is 0.308 e. The van der Waals surface area contributed by atoms with Crippen molar-refractivity contribution in [2.24, 2.45) is 0 Å². The van der Waals surface area contributed by atoms with Crippen LogP contribution in [0.15, 0.2) is 194 Å². The van der Waals surface area contributed by atoms with Crippen LogP contribution in [-0.4, -0.2) is 4.40 Å². The summed E-state index contributed by atoms with van der Waals surface area (Å²) in [5.41, 5.74) is 26.3. The van der Waals surface area contributed by atoms with Crippen LogP contribution in [0.25, 0.3) is 71.5 Å². The number of nitriles is 2. The summed E-state index contributed by atoms with van der Waals surface area (Å²) in [5.74, 6) is 0.00734. The summed E-state index contributed by atoms with van der Waals surface area (Å²) in [6, 6.07) is 77.5. The van der Waals surface area contributed by atoms with Crippen molar-refractivity contribution in [1.29, 1.82) is 10.5 Å². The molecule has 5 aliphatic carbocycles. The van der Waals surface area contributed by atoms with E-state index in [1.807, 2.05) is 0 Å². The van der Waals surface area contributed by atoms with Gasteiger partial charge in [0.05, 0.1) is 45.2 Å². The van der Waals surface area contributed by atoms with Gasteiger partial charge in [-0.3, -0.25) is 0 Å². The fourth-order valence-electron chi connectivity index (χ4n) is 15.4. The van der Waals surface area contributed by atoms with Crippen molar-refractivity contribution in [3.63, 3.8) is 0 Å². The maximum atomic E-state index is 12.0. The number of nitrogens with zero attached hydrogens (tertiary/aromatic N) is 3. The Labute approximate surface area is 436 Å². The minimum Gasteiger partial charge on any atom is -0.308 e. The Morgan fingerprint density at radius 3 is 1.59 bits per heavy atom. The summed E-state index contributed by atoms with van der Waals surface area (Å²) in [5, 5.41) is 28.3. The third-order valence-corrected chi connectivity index (χ3v) is 18.3. The van der Waals surface area contributed by atoms with E-state index >= 15 is 0 Å². The molecule has 0 saturated heterocycles. The molecule has 2 heterocycles. The number of fused-ring (bicyclic) bond motifs is 14. The molecular formula is C72H49N3. The molecule has 0 amide bonds. The van der Waals surface area contributed by atoms with Crippen molar-refractivity contribution in [1.82, 2.24) is 4.40 Å². The first-order valence-electron chi connectivity index (χ1n) is 26.4. The summed E-state index contributed by atoms with van der Waals surface area (Å²) in [4.78, 5) is 0. The quantitative estimate of drug-likeness (QED) is 0.177. The van der Waals surface area contributed by atoms with Crippen molar-refractivity contribution in [2.75, 3.05) is 0 Å². The van der Waals surface area contributed by atoms with E-state index in [4.69, 9.17) is 0 Å². The van der Waals surface area contributed by atoms with Gasteiger partial charge in [0.1, 0.15) is 0 Å². The maximum absolute atomic E-state index is 12.0. The second kappa shape index (κ2) is 14.4. The predicted molar refractivity (Wildman–Crippen MR) is 304 cm³/mol. The molecule has 0 N–H and O–H groups in total. The van der Waals surface area contributed by atoms with Gasteiger partial charge in [0.15, 0.2) is 0 Å². The van der Waals surface area contributed by atoms with E-state index < -0.39 is 10.8 Å². The Kier molecular flexibility index (Phi) is 8.15. The van der Waals surface area contributed by atoms with Crippen LogP contribution in [-0.2, 0) is 16.2 Å². The lowest BCUT2D eigenvalue weighted by atomic mass is 9.60. The standard InChI is InChI=1S/C72H49N3/c1-70(2,3)46-30-32-55-52(36-46)64-65-58(34-42(38-73)67(64)71(55,4)5)75-57-35-43(39-74)68-63(61(57)54-37-53-59-47-25-15-17-27-49(47)60(62(53)66(65)69(54)75)50-28-18-16-26-48(50)59)51-33-41(40-19-9-6-10-20-40)29-31-56(51)72(68,44-21-11-7-12-22-44)45-23-13-8-14-24-45/h6-37,59-60H,1-5H3. The van der Waals surface area contributed by atoms with E-state index in [1.165, 1.54) is 71.8 Å². The number of hydrogen-bond acceptors (Lipinski definition) is 2. The Bertz CT molecular complexity index is 4520. The van der Waals surface area contributed by atoms with Crippen LogP contribution in [0.2, 0.25) is 0 Å². The molecule has 0 fully saturated rings. The molecule has 0 radical (unpaired) electrons. The number of rotatable bonds is 3. The van der Waals surface area contributed by atoms with E-state index in [-0.39, 0.29) is 17.3 Å². The van der Waals surface area contributed by atoms with E-state index in [9.17, 15) is 10.5 Å². The summed E-state index contributed by atoms with van der Waals surface area (Å²) in [6.07, 6.45) is 0. The van der Waals surface area contributed by atoms with Crippen molar-refractivity contribution < 1.29 is 0 Å². The van der Waals surface area contributed by atoms with Crippen LogP contribution in [0, 0.1) is 22.7 Å². The first-order valence-corrected chi connectivity index (χ1v) is 26.4. The highest BCUT2D eigenvalue weighted by Gasteiger charge is 2.51. The minimum atomic E-state index is -0.819. The van der Waals surface area contributed by atoms with Crippen molar-refractivity contribution in [2.45, 2.75) is 62.7 Å². The van der Waals surface area contributed by atoms with Crippen LogP contribution in [0.3, 0.4) is 0 Å². The monoisotopic (exact) mass is 955 g/mol. The molecule has 0 aliphatic heterocycles. The Hall–Kier alpha value is -9.02. The van der Waals surface area contributed by atoms with Crippen LogP contribution in [0.1, 0.15) is 130 Å². The van der Waals surface area contributed by atoms with E-state index in [1.54, 1.807) is 0 Å². The zero-order valence-electron chi connectivity index (χ0n) is 42.5. The Morgan fingerprint density at radius 1 is 0.467 bits per heavy atom. The van der Waals surface area contributed by atoms with Crippen LogP contribution in [0.5, 0.6) is 0 Å². The third-order valence-electron chi connectivity index (χ3n) is 18.3. The van der Waals surface area contributed by atoms with Gasteiger partial charge in [0.25, 0.3) is 0 Å². The number of aromatic nitrogens is 1. The smallest absolute Gasteiger partial charge is 0.0996 e. The average Bonchev–Trinajstić information content (AvgIpc) is 4.28. The molecule has 12 aromatic rings. The Balaban J connectivity index is 1.17. The first-order chi connectivity index (χ1) is 36.5. The van der Waals surface area contributed by atoms with Gasteiger partial charge in [-0.25, -0.2) is 0 Å². The normalized spacial score (nSPS) is 16.8. The first kappa shape index (κ1) is 42.5. The second-order valence-corrected chi connectivity index (χ2v) is 23.2. The van der Waals surface area contributed by atoms with Crippen LogP contribution < -0.4 is 0 Å². The zero-order valence-corrected chi connectivity index (χ0v) is 42.5. The highest BCUT2D eigenvalue weighted by molar-refractivity contribution is 6.31. The molecule has 5 aliphatic rings. The lowest BCUT2D eigenvalue weighted by Gasteiger charge is -2.42. The van der Waals surface area contributed by atoms with Crippen LogP contribution in [0.4, 0.5) is 0 Å². The zero-order chi connectivity index (χ0) is 50.4. The van der Waals surface area contributed by atoms with E-state index in [0.29, 0.717) is 11.1 Å². The fourth-order valence-corrected chi connectivity index (χ4v) is 15.4. The molecular weight excluding hydrogens is 907 g/mol. The van der Waals surface area contributed by atoms with Gasteiger partial charge in [0.2, 0.25) is 0 Å². The molecule has 352 valence electrons. The molecule has 0 saturated carbocycles.